The van der Waals surface area contributed by atoms with Crippen molar-refractivity contribution in [2.75, 3.05) is 25.0 Å². The molecule has 2 fully saturated rings. The van der Waals surface area contributed by atoms with Crippen LogP contribution in [0.25, 0.3) is 0 Å². The van der Waals surface area contributed by atoms with Crippen molar-refractivity contribution in [3.63, 3.8) is 0 Å². The van der Waals surface area contributed by atoms with Crippen molar-refractivity contribution in [1.29, 1.82) is 0 Å². The zero-order valence-corrected chi connectivity index (χ0v) is 16.8. The minimum atomic E-state index is -3.39. The predicted octanol–water partition coefficient (Wildman–Crippen LogP) is 3.28. The molecule has 0 radical (unpaired) electrons. The van der Waals surface area contributed by atoms with E-state index in [4.69, 9.17) is 0 Å². The number of anilines is 1. The van der Waals surface area contributed by atoms with E-state index in [0.717, 1.165) is 5.56 Å². The number of carbonyl (C=O) groups is 1. The first-order valence-corrected chi connectivity index (χ1v) is 11.3. The molecule has 2 atom stereocenters. The normalized spacial score (nSPS) is 24.0. The van der Waals surface area contributed by atoms with Crippen LogP contribution in [0.2, 0.25) is 0 Å². The Bertz CT molecular complexity index is 966. The molecule has 1 N–H and O–H groups in total. The number of sulfonamides is 1. The van der Waals surface area contributed by atoms with Crippen molar-refractivity contribution in [2.45, 2.75) is 24.6 Å². The summed E-state index contributed by atoms with van der Waals surface area (Å²) in [6.45, 7) is 1.77. The van der Waals surface area contributed by atoms with Gasteiger partial charge in [0.05, 0.1) is 5.25 Å². The highest BCUT2D eigenvalue weighted by Crippen LogP contribution is 2.35. The molecule has 0 saturated carbocycles. The summed E-state index contributed by atoms with van der Waals surface area (Å²) in [6.07, 6.45) is 1.07. The third-order valence-electron chi connectivity index (χ3n) is 5.74. The fourth-order valence-electron chi connectivity index (χ4n) is 4.18. The van der Waals surface area contributed by atoms with Crippen LogP contribution in [0, 0.1) is 11.7 Å². The molecule has 2 aliphatic heterocycles. The Morgan fingerprint density at radius 3 is 2.45 bits per heavy atom. The van der Waals surface area contributed by atoms with Gasteiger partial charge in [0.15, 0.2) is 0 Å². The average Bonchev–Trinajstić information content (AvgIpc) is 2.85. The zero-order chi connectivity index (χ0) is 20.4. The highest BCUT2D eigenvalue weighted by atomic mass is 32.2. The fraction of sp³-hybridized carbons (Fsp3) is 0.381. The van der Waals surface area contributed by atoms with Crippen molar-refractivity contribution in [1.82, 2.24) is 9.21 Å². The maximum atomic E-state index is 13.1. The lowest BCUT2D eigenvalue weighted by Crippen LogP contribution is -2.37. The molecule has 2 aliphatic rings. The van der Waals surface area contributed by atoms with E-state index < -0.39 is 15.3 Å². The molecule has 4 rings (SSSR count). The second kappa shape index (κ2) is 8.12. The number of benzene rings is 2. The molecule has 8 heteroatoms. The summed E-state index contributed by atoms with van der Waals surface area (Å²) in [5.74, 6) is -0.344. The van der Waals surface area contributed by atoms with E-state index in [-0.39, 0.29) is 17.8 Å². The van der Waals surface area contributed by atoms with Crippen molar-refractivity contribution in [3.05, 3.63) is 66.0 Å². The first-order chi connectivity index (χ1) is 13.9. The Morgan fingerprint density at radius 1 is 1.03 bits per heavy atom. The van der Waals surface area contributed by atoms with Gasteiger partial charge in [-0.1, -0.05) is 30.3 Å². The average molecular weight is 418 g/mol. The summed E-state index contributed by atoms with van der Waals surface area (Å²) in [5.41, 5.74) is 1.50. The standard InChI is InChI=1S/C21H24FN3O3S/c22-18-6-8-19(9-7-18)23-21(26)24-12-10-17-15-25(14-16-4-2-1-3-5-16)29(27,28)20(17)11-13-24/h1-9,17,20H,10-15H2,(H,23,26)/t17-,20-/m1/s1. The topological polar surface area (TPSA) is 69.7 Å². The van der Waals surface area contributed by atoms with Gasteiger partial charge in [-0.25, -0.2) is 17.6 Å². The molecule has 154 valence electrons. The molecule has 0 bridgehead atoms. The van der Waals surface area contributed by atoms with Crippen LogP contribution in [0.4, 0.5) is 14.9 Å². The minimum absolute atomic E-state index is 0.0207. The smallest absolute Gasteiger partial charge is 0.321 e. The number of fused-ring (bicyclic) bond motifs is 1. The summed E-state index contributed by atoms with van der Waals surface area (Å²) in [5, 5.41) is 2.31. The number of likely N-dealkylation sites (tertiary alicyclic amines) is 1. The van der Waals surface area contributed by atoms with E-state index in [9.17, 15) is 17.6 Å². The Morgan fingerprint density at radius 2 is 1.72 bits per heavy atom. The van der Waals surface area contributed by atoms with Crippen LogP contribution in [0.15, 0.2) is 54.6 Å². The molecule has 0 aromatic heterocycles. The highest BCUT2D eigenvalue weighted by Gasteiger charge is 2.47. The van der Waals surface area contributed by atoms with Crippen molar-refractivity contribution in [3.8, 4) is 0 Å². The van der Waals surface area contributed by atoms with Gasteiger partial charge < -0.3 is 10.2 Å². The molecule has 6 nitrogen and oxygen atoms in total. The summed E-state index contributed by atoms with van der Waals surface area (Å²) in [6, 6.07) is 14.9. The molecule has 2 amide bonds. The third-order valence-corrected chi connectivity index (χ3v) is 8.13. The van der Waals surface area contributed by atoms with Crippen LogP contribution >= 0.6 is 0 Å². The molecule has 29 heavy (non-hydrogen) atoms. The number of rotatable bonds is 3. The van der Waals surface area contributed by atoms with Gasteiger partial charge in [-0.15, -0.1) is 0 Å². The summed E-state index contributed by atoms with van der Waals surface area (Å²) < 4.78 is 40.7. The molecule has 2 saturated heterocycles. The van der Waals surface area contributed by atoms with Gasteiger partial charge in [0.2, 0.25) is 10.0 Å². The number of amides is 2. The monoisotopic (exact) mass is 417 g/mol. The van der Waals surface area contributed by atoms with E-state index >= 15 is 0 Å². The van der Waals surface area contributed by atoms with E-state index in [1.165, 1.54) is 24.3 Å². The van der Waals surface area contributed by atoms with Crippen LogP contribution in [-0.4, -0.2) is 48.5 Å². The van der Waals surface area contributed by atoms with Gasteiger partial charge in [-0.05, 0) is 48.6 Å². The number of carbonyl (C=O) groups excluding carboxylic acids is 1. The molecular formula is C21H24FN3O3S. The Labute approximate surface area is 170 Å². The van der Waals surface area contributed by atoms with E-state index in [1.54, 1.807) is 9.21 Å². The van der Waals surface area contributed by atoms with Crippen LogP contribution in [-0.2, 0) is 16.6 Å². The van der Waals surface area contributed by atoms with E-state index in [1.807, 2.05) is 30.3 Å². The van der Waals surface area contributed by atoms with Crippen LogP contribution in [0.3, 0.4) is 0 Å². The SMILES string of the molecule is O=C(Nc1ccc(F)cc1)N1CC[C@@H]2CN(Cc3ccccc3)S(=O)(=O)[C@@H]2CC1. The van der Waals surface area contributed by atoms with Crippen molar-refractivity contribution in [2.24, 2.45) is 5.92 Å². The van der Waals surface area contributed by atoms with Gasteiger partial charge in [0.25, 0.3) is 0 Å². The Hall–Kier alpha value is -2.45. The fourth-order valence-corrected chi connectivity index (χ4v) is 6.40. The molecule has 0 aliphatic carbocycles. The summed E-state index contributed by atoms with van der Waals surface area (Å²) in [4.78, 5) is 14.2. The lowest BCUT2D eigenvalue weighted by atomic mass is 10.0. The van der Waals surface area contributed by atoms with Gasteiger partial charge in [0.1, 0.15) is 5.82 Å². The number of nitrogens with zero attached hydrogens (tertiary/aromatic N) is 2. The lowest BCUT2D eigenvalue weighted by Gasteiger charge is -2.22. The summed E-state index contributed by atoms with van der Waals surface area (Å²) >= 11 is 0. The second-order valence-electron chi connectivity index (χ2n) is 7.62. The quantitative estimate of drug-likeness (QED) is 0.833. The lowest BCUT2D eigenvalue weighted by molar-refractivity contribution is 0.212. The van der Waals surface area contributed by atoms with E-state index in [2.05, 4.69) is 5.32 Å². The van der Waals surface area contributed by atoms with Crippen molar-refractivity contribution < 1.29 is 17.6 Å². The third kappa shape index (κ3) is 4.28. The van der Waals surface area contributed by atoms with Crippen LogP contribution in [0.1, 0.15) is 18.4 Å². The molecule has 2 aromatic rings. The zero-order valence-electron chi connectivity index (χ0n) is 16.0. The first kappa shape index (κ1) is 19.8. The molecule has 2 heterocycles. The number of urea groups is 1. The predicted molar refractivity (Wildman–Crippen MR) is 109 cm³/mol. The highest BCUT2D eigenvalue weighted by molar-refractivity contribution is 7.90. The Kier molecular flexibility index (Phi) is 5.56. The van der Waals surface area contributed by atoms with Gasteiger partial charge in [-0.3, -0.25) is 0 Å². The van der Waals surface area contributed by atoms with Crippen molar-refractivity contribution >= 4 is 21.7 Å². The number of nitrogens with one attached hydrogen (secondary N) is 1. The molecule has 2 aromatic carbocycles. The number of hydrogen-bond donors (Lipinski definition) is 1. The Balaban J connectivity index is 1.40. The number of halogens is 1. The van der Waals surface area contributed by atoms with E-state index in [0.29, 0.717) is 44.7 Å². The second-order valence-corrected chi connectivity index (χ2v) is 9.77. The van der Waals surface area contributed by atoms with Gasteiger partial charge >= 0.3 is 6.03 Å². The molecule has 0 spiro atoms. The van der Waals surface area contributed by atoms with Gasteiger partial charge in [-0.2, -0.15) is 4.31 Å². The maximum absolute atomic E-state index is 13.1. The minimum Gasteiger partial charge on any atom is -0.324 e. The molecule has 0 unspecified atom stereocenters. The number of hydrogen-bond acceptors (Lipinski definition) is 3. The summed E-state index contributed by atoms with van der Waals surface area (Å²) in [7, 11) is -3.39. The van der Waals surface area contributed by atoms with Crippen LogP contribution < -0.4 is 5.32 Å². The largest absolute Gasteiger partial charge is 0.324 e. The maximum Gasteiger partial charge on any atom is 0.321 e. The van der Waals surface area contributed by atoms with Gasteiger partial charge in [0, 0.05) is 31.9 Å². The van der Waals surface area contributed by atoms with Crippen LogP contribution in [0.5, 0.6) is 0 Å². The molecular weight excluding hydrogens is 393 g/mol. The first-order valence-electron chi connectivity index (χ1n) is 9.78.